The normalized spacial score (nSPS) is 23.7. The van der Waals surface area contributed by atoms with Crippen LogP contribution < -0.4 is 5.32 Å². The molecule has 1 rings (SSSR count). The minimum absolute atomic E-state index is 0.148. The van der Waals surface area contributed by atoms with Crippen LogP contribution in [0.4, 0.5) is 8.78 Å². The van der Waals surface area contributed by atoms with E-state index in [9.17, 15) is 13.6 Å². The molecule has 0 aromatic heterocycles. The average Bonchev–Trinajstić information content (AvgIpc) is 2.32. The largest absolute Gasteiger partial charge is 0.323 e. The molecule has 1 atom stereocenters. The minimum Gasteiger partial charge on any atom is -0.323 e. The number of alkyl halides is 2. The minimum atomic E-state index is -2.45. The van der Waals surface area contributed by atoms with Crippen molar-refractivity contribution in [2.75, 3.05) is 13.2 Å². The van der Waals surface area contributed by atoms with Gasteiger partial charge >= 0.3 is 0 Å². The molecule has 0 aromatic rings. The van der Waals surface area contributed by atoms with Crippen LogP contribution >= 0.6 is 0 Å². The van der Waals surface area contributed by atoms with E-state index in [1.807, 2.05) is 13.8 Å². The van der Waals surface area contributed by atoms with Gasteiger partial charge in [0.05, 0.1) is 19.3 Å². The molecule has 1 N–H and O–H groups in total. The summed E-state index contributed by atoms with van der Waals surface area (Å²) < 4.78 is 23.9. The van der Waals surface area contributed by atoms with E-state index in [1.54, 1.807) is 0 Å². The van der Waals surface area contributed by atoms with E-state index in [-0.39, 0.29) is 24.5 Å². The van der Waals surface area contributed by atoms with E-state index >= 15 is 0 Å². The van der Waals surface area contributed by atoms with E-state index in [1.165, 1.54) is 0 Å². The number of rotatable bonds is 3. The molecule has 1 saturated heterocycles. The first-order valence-electron chi connectivity index (χ1n) is 4.32. The zero-order chi connectivity index (χ0) is 10.0. The highest BCUT2D eigenvalue weighted by molar-refractivity contribution is 5.84. The van der Waals surface area contributed by atoms with Crippen molar-refractivity contribution in [1.29, 1.82) is 0 Å². The van der Waals surface area contributed by atoms with Crippen LogP contribution in [0.2, 0.25) is 0 Å². The second kappa shape index (κ2) is 4.00. The van der Waals surface area contributed by atoms with Gasteiger partial charge in [-0.25, -0.2) is 8.78 Å². The van der Waals surface area contributed by atoms with Gasteiger partial charge in [0.1, 0.15) is 0 Å². The van der Waals surface area contributed by atoms with Crippen molar-refractivity contribution < 1.29 is 13.6 Å². The van der Waals surface area contributed by atoms with Crippen LogP contribution in [-0.2, 0) is 4.79 Å². The third-order valence-electron chi connectivity index (χ3n) is 2.10. The van der Waals surface area contributed by atoms with E-state index < -0.39 is 13.0 Å². The number of amides is 1. The van der Waals surface area contributed by atoms with Crippen LogP contribution in [0.15, 0.2) is 0 Å². The smallest absolute Gasteiger partial charge is 0.255 e. The monoisotopic (exact) mass is 192 g/mol. The molecule has 1 heterocycles. The first-order chi connectivity index (χ1) is 6.02. The van der Waals surface area contributed by atoms with Crippen LogP contribution in [0.5, 0.6) is 0 Å². The van der Waals surface area contributed by atoms with Crippen LogP contribution in [0.25, 0.3) is 0 Å². The summed E-state index contributed by atoms with van der Waals surface area (Å²) >= 11 is 0. The molecule has 3 nitrogen and oxygen atoms in total. The Balaban J connectivity index is 2.50. The maximum absolute atomic E-state index is 12.0. The zero-order valence-corrected chi connectivity index (χ0v) is 7.76. The Kier molecular flexibility index (Phi) is 3.19. The summed E-state index contributed by atoms with van der Waals surface area (Å²) in [5.41, 5.74) is 0. The predicted molar refractivity (Wildman–Crippen MR) is 44.3 cm³/mol. The Morgan fingerprint density at radius 3 is 2.62 bits per heavy atom. The molecule has 1 amide bonds. The van der Waals surface area contributed by atoms with Gasteiger partial charge in [0, 0.05) is 0 Å². The maximum atomic E-state index is 12.0. The number of carbonyl (C=O) groups excluding carboxylic acids is 1. The van der Waals surface area contributed by atoms with Gasteiger partial charge in [-0.05, 0) is 5.92 Å². The highest BCUT2D eigenvalue weighted by atomic mass is 19.3. The van der Waals surface area contributed by atoms with Crippen molar-refractivity contribution in [3.8, 4) is 0 Å². The lowest BCUT2D eigenvalue weighted by atomic mass is 10.1. The molecule has 0 spiro atoms. The van der Waals surface area contributed by atoms with Crippen LogP contribution in [0.1, 0.15) is 13.8 Å². The Hall–Kier alpha value is -0.710. The van der Waals surface area contributed by atoms with Crippen molar-refractivity contribution in [2.24, 2.45) is 5.92 Å². The Morgan fingerprint density at radius 1 is 1.62 bits per heavy atom. The first kappa shape index (κ1) is 10.4. The number of hydrogen-bond donors (Lipinski definition) is 1. The molecule has 0 aliphatic carbocycles. The number of halogens is 2. The summed E-state index contributed by atoms with van der Waals surface area (Å²) in [6.07, 6.45) is -2.45. The van der Waals surface area contributed by atoms with Gasteiger partial charge < -0.3 is 4.90 Å². The standard InChI is InChI=1S/C8H14F2N2O/c1-5(2)7-8(13)12(4-11-7)3-6(9)10/h5-7,11H,3-4H2,1-2H3. The number of hydrogen-bond acceptors (Lipinski definition) is 2. The topological polar surface area (TPSA) is 32.3 Å². The van der Waals surface area contributed by atoms with Crippen molar-refractivity contribution in [3.05, 3.63) is 0 Å². The van der Waals surface area contributed by atoms with Crippen molar-refractivity contribution in [1.82, 2.24) is 10.2 Å². The molecule has 1 unspecified atom stereocenters. The van der Waals surface area contributed by atoms with Gasteiger partial charge in [-0.3, -0.25) is 10.1 Å². The fourth-order valence-corrected chi connectivity index (χ4v) is 1.41. The average molecular weight is 192 g/mol. The fourth-order valence-electron chi connectivity index (χ4n) is 1.41. The summed E-state index contributed by atoms with van der Waals surface area (Å²) in [6.45, 7) is 3.56. The predicted octanol–water partition coefficient (Wildman–Crippen LogP) is 0.665. The first-order valence-corrected chi connectivity index (χ1v) is 4.32. The van der Waals surface area contributed by atoms with E-state index in [4.69, 9.17) is 0 Å². The second-order valence-corrected chi connectivity index (χ2v) is 3.54. The Bertz CT molecular complexity index is 197. The summed E-state index contributed by atoms with van der Waals surface area (Å²) in [7, 11) is 0. The summed E-state index contributed by atoms with van der Waals surface area (Å²) in [4.78, 5) is 12.6. The fraction of sp³-hybridized carbons (Fsp3) is 0.875. The molecule has 13 heavy (non-hydrogen) atoms. The van der Waals surface area contributed by atoms with Crippen LogP contribution in [-0.4, -0.2) is 36.5 Å². The molecule has 0 aromatic carbocycles. The highest BCUT2D eigenvalue weighted by Crippen LogP contribution is 2.12. The van der Waals surface area contributed by atoms with Gasteiger partial charge in [0.2, 0.25) is 5.91 Å². The lowest BCUT2D eigenvalue weighted by Gasteiger charge is -2.15. The Labute approximate surface area is 76.1 Å². The van der Waals surface area contributed by atoms with Crippen molar-refractivity contribution in [3.63, 3.8) is 0 Å². The summed E-state index contributed by atoms with van der Waals surface area (Å²) in [5.74, 6) is -0.0644. The SMILES string of the molecule is CC(C)C1NCN(CC(F)F)C1=O. The Morgan fingerprint density at radius 2 is 2.23 bits per heavy atom. The highest BCUT2D eigenvalue weighted by Gasteiger charge is 2.34. The number of nitrogens with one attached hydrogen (secondary N) is 1. The van der Waals surface area contributed by atoms with Gasteiger partial charge in [-0.2, -0.15) is 0 Å². The number of nitrogens with zero attached hydrogens (tertiary/aromatic N) is 1. The third-order valence-corrected chi connectivity index (χ3v) is 2.10. The second-order valence-electron chi connectivity index (χ2n) is 3.54. The maximum Gasteiger partial charge on any atom is 0.255 e. The molecule has 1 fully saturated rings. The molecule has 1 aliphatic heterocycles. The molecule has 0 saturated carbocycles. The molecule has 0 radical (unpaired) electrons. The third kappa shape index (κ3) is 2.37. The molecule has 76 valence electrons. The quantitative estimate of drug-likeness (QED) is 0.712. The zero-order valence-electron chi connectivity index (χ0n) is 7.76. The molecule has 1 aliphatic rings. The van der Waals surface area contributed by atoms with Crippen LogP contribution in [0, 0.1) is 5.92 Å². The molecule has 0 bridgehead atoms. The van der Waals surface area contributed by atoms with E-state index in [0.29, 0.717) is 0 Å². The van der Waals surface area contributed by atoms with Crippen molar-refractivity contribution in [2.45, 2.75) is 26.3 Å². The molecular weight excluding hydrogens is 178 g/mol. The molecule has 5 heteroatoms. The van der Waals surface area contributed by atoms with Gasteiger partial charge in [0.25, 0.3) is 6.43 Å². The molecular formula is C8H14F2N2O. The van der Waals surface area contributed by atoms with Gasteiger partial charge in [-0.1, -0.05) is 13.8 Å². The van der Waals surface area contributed by atoms with Crippen molar-refractivity contribution >= 4 is 5.91 Å². The van der Waals surface area contributed by atoms with Crippen LogP contribution in [0.3, 0.4) is 0 Å². The lowest BCUT2D eigenvalue weighted by molar-refractivity contribution is -0.131. The van der Waals surface area contributed by atoms with Gasteiger partial charge in [-0.15, -0.1) is 0 Å². The summed E-state index contributed by atoms with van der Waals surface area (Å²) in [6, 6.07) is -0.293. The van der Waals surface area contributed by atoms with E-state index in [2.05, 4.69) is 5.32 Å². The van der Waals surface area contributed by atoms with Gasteiger partial charge in [0.15, 0.2) is 0 Å². The summed E-state index contributed by atoms with van der Waals surface area (Å²) in [5, 5.41) is 2.90. The lowest BCUT2D eigenvalue weighted by Crippen LogP contribution is -2.36. The van der Waals surface area contributed by atoms with E-state index in [0.717, 1.165) is 4.90 Å². The number of carbonyl (C=O) groups is 1.